The molecule has 0 aliphatic carbocycles. The van der Waals surface area contributed by atoms with Crippen molar-refractivity contribution in [1.82, 2.24) is 9.88 Å². The minimum absolute atomic E-state index is 0.157. The number of nitrogens with one attached hydrogen (secondary N) is 1. The quantitative estimate of drug-likeness (QED) is 0.856. The second kappa shape index (κ2) is 6.43. The second-order valence-corrected chi connectivity index (χ2v) is 5.60. The Kier molecular flexibility index (Phi) is 4.62. The molecule has 5 nitrogen and oxygen atoms in total. The lowest BCUT2D eigenvalue weighted by atomic mass is 10.1. The SMILES string of the molecule is CC(C)CN(CC(=O)O)C(=O)Cc1c[nH]c2ccccc12. The number of amides is 1. The van der Waals surface area contributed by atoms with E-state index in [4.69, 9.17) is 5.11 Å². The van der Waals surface area contributed by atoms with Crippen LogP contribution in [0.2, 0.25) is 0 Å². The lowest BCUT2D eigenvalue weighted by molar-refractivity contribution is -0.144. The molecule has 0 radical (unpaired) electrons. The molecule has 0 bridgehead atoms. The summed E-state index contributed by atoms with van der Waals surface area (Å²) >= 11 is 0. The van der Waals surface area contributed by atoms with Crippen LogP contribution in [-0.2, 0) is 16.0 Å². The fraction of sp³-hybridized carbons (Fsp3) is 0.375. The Hall–Kier alpha value is -2.30. The molecule has 0 saturated heterocycles. The van der Waals surface area contributed by atoms with E-state index in [-0.39, 0.29) is 24.8 Å². The number of para-hydroxylation sites is 1. The summed E-state index contributed by atoms with van der Waals surface area (Å²) in [5.74, 6) is -0.907. The molecule has 2 N–H and O–H groups in total. The lowest BCUT2D eigenvalue weighted by Gasteiger charge is -2.22. The van der Waals surface area contributed by atoms with Gasteiger partial charge in [0.15, 0.2) is 0 Å². The van der Waals surface area contributed by atoms with Gasteiger partial charge in [0, 0.05) is 23.6 Å². The van der Waals surface area contributed by atoms with Crippen molar-refractivity contribution in [1.29, 1.82) is 0 Å². The van der Waals surface area contributed by atoms with Gasteiger partial charge in [0.25, 0.3) is 0 Å². The first kappa shape index (κ1) is 15.1. The summed E-state index contributed by atoms with van der Waals surface area (Å²) in [4.78, 5) is 27.8. The molecule has 1 heterocycles. The smallest absolute Gasteiger partial charge is 0.323 e. The van der Waals surface area contributed by atoms with Crippen LogP contribution in [0.4, 0.5) is 0 Å². The number of aromatic amines is 1. The maximum atomic E-state index is 12.4. The Labute approximate surface area is 123 Å². The number of H-pyrrole nitrogens is 1. The molecular weight excluding hydrogens is 268 g/mol. The number of carboxylic acids is 1. The number of fused-ring (bicyclic) bond motifs is 1. The van der Waals surface area contributed by atoms with Crippen LogP contribution >= 0.6 is 0 Å². The number of aliphatic carboxylic acids is 1. The van der Waals surface area contributed by atoms with E-state index >= 15 is 0 Å². The Morgan fingerprint density at radius 2 is 2.00 bits per heavy atom. The molecule has 1 aromatic heterocycles. The molecule has 2 rings (SSSR count). The average Bonchev–Trinajstić information content (AvgIpc) is 2.80. The van der Waals surface area contributed by atoms with Crippen molar-refractivity contribution in [2.75, 3.05) is 13.1 Å². The summed E-state index contributed by atoms with van der Waals surface area (Å²) in [6.07, 6.45) is 2.03. The minimum Gasteiger partial charge on any atom is -0.480 e. The zero-order chi connectivity index (χ0) is 15.4. The summed E-state index contributed by atoms with van der Waals surface area (Å²) in [5.41, 5.74) is 1.88. The van der Waals surface area contributed by atoms with Crippen LogP contribution in [0.5, 0.6) is 0 Å². The highest BCUT2D eigenvalue weighted by Crippen LogP contribution is 2.18. The highest BCUT2D eigenvalue weighted by Gasteiger charge is 2.19. The normalized spacial score (nSPS) is 11.0. The minimum atomic E-state index is -0.983. The van der Waals surface area contributed by atoms with Gasteiger partial charge in [-0.15, -0.1) is 0 Å². The van der Waals surface area contributed by atoms with Crippen LogP contribution < -0.4 is 0 Å². The number of benzene rings is 1. The number of carboxylic acid groups (broad SMARTS) is 1. The predicted molar refractivity (Wildman–Crippen MR) is 81.1 cm³/mol. The zero-order valence-corrected chi connectivity index (χ0v) is 12.3. The molecule has 0 aliphatic heterocycles. The zero-order valence-electron chi connectivity index (χ0n) is 12.3. The predicted octanol–water partition coefficient (Wildman–Crippen LogP) is 2.28. The number of hydrogen-bond donors (Lipinski definition) is 2. The van der Waals surface area contributed by atoms with Gasteiger partial charge in [-0.2, -0.15) is 0 Å². The molecule has 0 fully saturated rings. The van der Waals surface area contributed by atoms with Crippen LogP contribution in [-0.4, -0.2) is 40.0 Å². The lowest BCUT2D eigenvalue weighted by Crippen LogP contribution is -2.39. The van der Waals surface area contributed by atoms with Gasteiger partial charge in [0.05, 0.1) is 6.42 Å². The summed E-state index contributed by atoms with van der Waals surface area (Å²) in [6, 6.07) is 7.76. The van der Waals surface area contributed by atoms with Crippen molar-refractivity contribution in [2.45, 2.75) is 20.3 Å². The number of carbonyl (C=O) groups excluding carboxylic acids is 1. The van der Waals surface area contributed by atoms with Gasteiger partial charge in [-0.3, -0.25) is 9.59 Å². The van der Waals surface area contributed by atoms with Crippen LogP contribution in [0.25, 0.3) is 10.9 Å². The van der Waals surface area contributed by atoms with E-state index in [0.29, 0.717) is 6.54 Å². The van der Waals surface area contributed by atoms with Crippen LogP contribution in [0.3, 0.4) is 0 Å². The molecule has 0 unspecified atom stereocenters. The summed E-state index contributed by atoms with van der Waals surface area (Å²) in [6.45, 7) is 4.13. The number of rotatable bonds is 6. The Balaban J connectivity index is 2.15. The molecule has 0 atom stereocenters. The van der Waals surface area contributed by atoms with Crippen LogP contribution in [0.15, 0.2) is 30.5 Å². The molecule has 21 heavy (non-hydrogen) atoms. The highest BCUT2D eigenvalue weighted by molar-refractivity contribution is 5.90. The maximum absolute atomic E-state index is 12.4. The van der Waals surface area contributed by atoms with Gasteiger partial charge in [-0.1, -0.05) is 32.0 Å². The molecule has 0 spiro atoms. The summed E-state index contributed by atoms with van der Waals surface area (Å²) in [5, 5.41) is 9.95. The maximum Gasteiger partial charge on any atom is 0.323 e. The molecular formula is C16H20N2O3. The Morgan fingerprint density at radius 1 is 1.29 bits per heavy atom. The van der Waals surface area contributed by atoms with Gasteiger partial charge in [-0.05, 0) is 17.5 Å². The van der Waals surface area contributed by atoms with Gasteiger partial charge < -0.3 is 15.0 Å². The number of hydrogen-bond acceptors (Lipinski definition) is 2. The van der Waals surface area contributed by atoms with Gasteiger partial charge in [0.1, 0.15) is 6.54 Å². The van der Waals surface area contributed by atoms with Crippen molar-refractivity contribution >= 4 is 22.8 Å². The standard InChI is InChI=1S/C16H20N2O3/c1-11(2)9-18(10-16(20)21)15(19)7-12-8-17-14-6-4-3-5-13(12)14/h3-6,8,11,17H,7,9-10H2,1-2H3,(H,20,21). The van der Waals surface area contributed by atoms with Crippen molar-refractivity contribution in [3.8, 4) is 0 Å². The molecule has 1 amide bonds. The molecule has 2 aromatic rings. The topological polar surface area (TPSA) is 73.4 Å². The second-order valence-electron chi connectivity index (χ2n) is 5.60. The number of nitrogens with zero attached hydrogens (tertiary/aromatic N) is 1. The van der Waals surface area contributed by atoms with Crippen LogP contribution in [0, 0.1) is 5.92 Å². The Bertz CT molecular complexity index is 646. The summed E-state index contributed by atoms with van der Waals surface area (Å²) in [7, 11) is 0. The fourth-order valence-corrected chi connectivity index (χ4v) is 2.41. The van der Waals surface area contributed by atoms with E-state index in [1.165, 1.54) is 4.90 Å². The van der Waals surface area contributed by atoms with E-state index in [1.807, 2.05) is 44.3 Å². The first-order chi connectivity index (χ1) is 9.97. The van der Waals surface area contributed by atoms with E-state index in [1.54, 1.807) is 0 Å². The van der Waals surface area contributed by atoms with Crippen molar-refractivity contribution in [2.24, 2.45) is 5.92 Å². The van der Waals surface area contributed by atoms with Gasteiger partial charge in [-0.25, -0.2) is 0 Å². The molecule has 0 aliphatic rings. The largest absolute Gasteiger partial charge is 0.480 e. The van der Waals surface area contributed by atoms with Crippen molar-refractivity contribution in [3.05, 3.63) is 36.0 Å². The molecule has 112 valence electrons. The van der Waals surface area contributed by atoms with E-state index in [0.717, 1.165) is 16.5 Å². The molecule has 1 aromatic carbocycles. The van der Waals surface area contributed by atoms with Crippen LogP contribution in [0.1, 0.15) is 19.4 Å². The average molecular weight is 288 g/mol. The van der Waals surface area contributed by atoms with E-state index < -0.39 is 5.97 Å². The number of aromatic nitrogens is 1. The monoisotopic (exact) mass is 288 g/mol. The van der Waals surface area contributed by atoms with Gasteiger partial charge in [0.2, 0.25) is 5.91 Å². The van der Waals surface area contributed by atoms with E-state index in [2.05, 4.69) is 4.98 Å². The van der Waals surface area contributed by atoms with Crippen molar-refractivity contribution in [3.63, 3.8) is 0 Å². The first-order valence-electron chi connectivity index (χ1n) is 7.02. The Morgan fingerprint density at radius 3 is 2.67 bits per heavy atom. The third kappa shape index (κ3) is 3.84. The van der Waals surface area contributed by atoms with Gasteiger partial charge >= 0.3 is 5.97 Å². The van der Waals surface area contributed by atoms with Crippen molar-refractivity contribution < 1.29 is 14.7 Å². The summed E-state index contributed by atoms with van der Waals surface area (Å²) < 4.78 is 0. The highest BCUT2D eigenvalue weighted by atomic mass is 16.4. The molecule has 0 saturated carbocycles. The molecule has 5 heteroatoms. The third-order valence-electron chi connectivity index (χ3n) is 3.28. The first-order valence-corrected chi connectivity index (χ1v) is 7.02. The van der Waals surface area contributed by atoms with E-state index in [9.17, 15) is 9.59 Å². The number of carbonyl (C=O) groups is 2. The third-order valence-corrected chi connectivity index (χ3v) is 3.28. The fourth-order valence-electron chi connectivity index (χ4n) is 2.41.